The second kappa shape index (κ2) is 34.6. The number of hydrogen-bond acceptors (Lipinski definition) is 15. The number of carbonyl (C=O) groups excluding carboxylic acids is 8. The summed E-state index contributed by atoms with van der Waals surface area (Å²) >= 11 is 0. The fourth-order valence-electron chi connectivity index (χ4n) is 6.98. The molecule has 0 saturated carbocycles. The monoisotopic (exact) mass is 1080 g/mol. The summed E-state index contributed by atoms with van der Waals surface area (Å²) in [5, 5.41) is 50.3. The third kappa shape index (κ3) is 26.4. The van der Waals surface area contributed by atoms with Crippen molar-refractivity contribution in [2.45, 2.75) is 146 Å². The molecule has 0 unspecified atom stereocenters. The van der Waals surface area contributed by atoms with E-state index in [0.29, 0.717) is 5.56 Å². The second-order valence-electron chi connectivity index (χ2n) is 18.3. The number of rotatable bonds is 35. The summed E-state index contributed by atoms with van der Waals surface area (Å²) in [7, 11) is 0. The van der Waals surface area contributed by atoms with Crippen LogP contribution in [0.15, 0.2) is 45.3 Å². The largest absolute Gasteiger partial charge is 0.480 e. The van der Waals surface area contributed by atoms with Crippen LogP contribution < -0.4 is 82.7 Å². The van der Waals surface area contributed by atoms with E-state index in [9.17, 15) is 58.5 Å². The number of benzene rings is 1. The van der Waals surface area contributed by atoms with Crippen LogP contribution in [0.4, 0.5) is 0 Å². The first-order valence-electron chi connectivity index (χ1n) is 24.6. The zero-order valence-corrected chi connectivity index (χ0v) is 43.6. The molecule has 0 bridgehead atoms. The maximum Gasteiger partial charge on any atom is 0.326 e. The molecule has 0 heterocycles. The summed E-state index contributed by atoms with van der Waals surface area (Å²) in [6.07, 6.45) is -1.42. The molecule has 10 atom stereocenters. The first kappa shape index (κ1) is 66.2. The molecule has 25 N–H and O–H groups in total. The van der Waals surface area contributed by atoms with Crippen molar-refractivity contribution in [3.63, 3.8) is 0 Å². The summed E-state index contributed by atoms with van der Waals surface area (Å²) in [5.74, 6) is -9.47. The van der Waals surface area contributed by atoms with Crippen molar-refractivity contribution in [3.8, 4) is 0 Å². The third-order valence-corrected chi connectivity index (χ3v) is 11.0. The topological polar surface area (TPSA) is 530 Å². The molecular formula is C46H80N18O12. The predicted octanol–water partition coefficient (Wildman–Crippen LogP) is -6.86. The Morgan fingerprint density at radius 2 is 0.895 bits per heavy atom. The van der Waals surface area contributed by atoms with Gasteiger partial charge in [-0.3, -0.25) is 53.3 Å². The van der Waals surface area contributed by atoms with E-state index in [4.69, 9.17) is 40.1 Å². The van der Waals surface area contributed by atoms with Crippen LogP contribution in [0.2, 0.25) is 0 Å². The Balaban J connectivity index is 3.37. The number of guanidine groups is 3. The van der Waals surface area contributed by atoms with E-state index in [1.807, 2.05) is 13.8 Å². The summed E-state index contributed by atoms with van der Waals surface area (Å²) in [5.41, 5.74) is 38.6. The van der Waals surface area contributed by atoms with Crippen molar-refractivity contribution in [3.05, 3.63) is 35.9 Å². The van der Waals surface area contributed by atoms with Gasteiger partial charge in [0.25, 0.3) is 0 Å². The highest BCUT2D eigenvalue weighted by molar-refractivity contribution is 5.98. The van der Waals surface area contributed by atoms with Gasteiger partial charge in [-0.25, -0.2) is 4.79 Å². The average Bonchev–Trinajstić information content (AvgIpc) is 3.33. The van der Waals surface area contributed by atoms with Gasteiger partial charge < -0.3 is 98.0 Å². The van der Waals surface area contributed by atoms with Crippen LogP contribution in [0.3, 0.4) is 0 Å². The van der Waals surface area contributed by atoms with Gasteiger partial charge in [0.15, 0.2) is 17.9 Å². The van der Waals surface area contributed by atoms with Crippen molar-refractivity contribution in [1.29, 1.82) is 0 Å². The molecule has 1 aromatic rings. The summed E-state index contributed by atoms with van der Waals surface area (Å²) < 4.78 is 0. The van der Waals surface area contributed by atoms with Crippen LogP contribution in [0, 0.1) is 5.92 Å². The van der Waals surface area contributed by atoms with Crippen molar-refractivity contribution in [2.24, 2.45) is 61.0 Å². The molecule has 8 amide bonds. The van der Waals surface area contributed by atoms with Crippen molar-refractivity contribution < 1.29 is 58.5 Å². The molecule has 0 aliphatic carbocycles. The van der Waals surface area contributed by atoms with Gasteiger partial charge in [-0.05, 0) is 77.2 Å². The average molecular weight is 1080 g/mol. The maximum absolute atomic E-state index is 14.2. The van der Waals surface area contributed by atoms with Crippen LogP contribution in [0.5, 0.6) is 0 Å². The molecule has 0 saturated heterocycles. The molecule has 76 heavy (non-hydrogen) atoms. The van der Waals surface area contributed by atoms with Gasteiger partial charge in [0.1, 0.15) is 48.3 Å². The van der Waals surface area contributed by atoms with Gasteiger partial charge in [-0.15, -0.1) is 0 Å². The van der Waals surface area contributed by atoms with Crippen molar-refractivity contribution in [2.75, 3.05) is 26.2 Å². The fraction of sp³-hybridized carbons (Fsp3) is 0.609. The Kier molecular flexibility index (Phi) is 30.1. The summed E-state index contributed by atoms with van der Waals surface area (Å²) in [6.45, 7) is 6.54. The maximum atomic E-state index is 14.2. The number of nitrogens with two attached hydrogens (primary N) is 7. The van der Waals surface area contributed by atoms with Crippen LogP contribution in [-0.2, 0) is 49.6 Å². The number of aliphatic imine (C=N–C) groups is 3. The van der Waals surface area contributed by atoms with Crippen molar-refractivity contribution >= 4 is 71.1 Å². The lowest BCUT2D eigenvalue weighted by Gasteiger charge is -2.28. The molecular weight excluding hydrogens is 997 g/mol. The van der Waals surface area contributed by atoms with E-state index in [1.165, 1.54) is 13.8 Å². The van der Waals surface area contributed by atoms with Gasteiger partial charge in [0.2, 0.25) is 47.3 Å². The number of aliphatic hydroxyl groups is 2. The number of hydrogen-bond donors (Lipinski definition) is 18. The van der Waals surface area contributed by atoms with Crippen LogP contribution >= 0.6 is 0 Å². The van der Waals surface area contributed by atoms with Crippen LogP contribution in [0.1, 0.15) is 85.1 Å². The highest BCUT2D eigenvalue weighted by Crippen LogP contribution is 2.11. The van der Waals surface area contributed by atoms with Crippen LogP contribution in [0.25, 0.3) is 0 Å². The minimum absolute atomic E-state index is 0.0316. The number of carboxylic acid groups (broad SMARTS) is 1. The van der Waals surface area contributed by atoms with E-state index < -0.39 is 120 Å². The molecule has 0 aromatic heterocycles. The Morgan fingerprint density at radius 3 is 1.33 bits per heavy atom. The fourth-order valence-corrected chi connectivity index (χ4v) is 6.98. The predicted molar refractivity (Wildman–Crippen MR) is 281 cm³/mol. The molecule has 30 nitrogen and oxygen atoms in total. The Morgan fingerprint density at radius 1 is 0.500 bits per heavy atom. The lowest BCUT2D eigenvalue weighted by molar-refractivity contribution is -0.142. The Bertz CT molecular complexity index is 2170. The molecule has 0 aliphatic heterocycles. The number of aliphatic carboxylic acids is 1. The number of aliphatic hydroxyl groups excluding tert-OH is 2. The zero-order chi connectivity index (χ0) is 57.7. The first-order chi connectivity index (χ1) is 35.7. The van der Waals surface area contributed by atoms with E-state index in [-0.39, 0.29) is 94.8 Å². The SMILES string of the molecule is CC(C)C[C@H](NC(=O)[C@H](C)N)C(=O)N[C@@H](CCCN=C(N)N)C(=O)N[C@@H](Cc1ccccc1)C(=O)N[C@H](C(=O)N[C@@H](CO)C(=O)N[C@@H](C)C(=O)N[C@@H](CCCN=C(N)N)C(=O)N[C@@H](CCCN=C(N)N)C(=O)O)[C@@H](C)O. The number of carboxylic acids is 1. The van der Waals surface area contributed by atoms with Gasteiger partial charge in [0.05, 0.1) is 18.8 Å². The second-order valence-corrected chi connectivity index (χ2v) is 18.3. The molecule has 0 spiro atoms. The number of carbonyl (C=O) groups is 9. The summed E-state index contributed by atoms with van der Waals surface area (Å²) in [6, 6.07) is -4.36. The Hall–Kier alpha value is -7.86. The highest BCUT2D eigenvalue weighted by atomic mass is 16.4. The quantitative estimate of drug-likeness (QED) is 0.0171. The molecule has 30 heteroatoms. The van der Waals surface area contributed by atoms with E-state index in [2.05, 4.69) is 57.5 Å². The molecule has 426 valence electrons. The smallest absolute Gasteiger partial charge is 0.326 e. The molecule has 1 rings (SSSR count). The number of amides is 8. The molecule has 0 radical (unpaired) electrons. The molecule has 1 aromatic carbocycles. The van der Waals surface area contributed by atoms with Gasteiger partial charge in [-0.1, -0.05) is 44.2 Å². The lowest BCUT2D eigenvalue weighted by Crippen LogP contribution is -2.62. The third-order valence-electron chi connectivity index (χ3n) is 11.0. The standard InChI is InChI=1S/C46H80N18O12/c1-23(2)20-31(61-35(67)24(3)47)39(71)59-29(15-10-18-55-45(50)51)38(70)62-32(21-27-12-7-6-8-13-27)40(72)64-34(26(5)66)42(74)63-33(22-65)41(73)57-25(4)36(68)58-28(14-9-17-54-44(48)49)37(69)60-30(43(75)76)16-11-19-56-46(52)53/h6-8,12-13,23-26,28-34,65-66H,9-11,14-22,47H2,1-5H3,(H,57,73)(H,58,68)(H,59,71)(H,60,69)(H,61,67)(H,62,70)(H,63,74)(H,64,72)(H,75,76)(H4,48,49,54)(H4,50,51,55)(H4,52,53,56)/t24-,25-,26+,28-,29-,30-,31-,32-,33-,34-/m0/s1. The van der Waals surface area contributed by atoms with E-state index in [0.717, 1.165) is 6.92 Å². The van der Waals surface area contributed by atoms with Crippen LogP contribution in [-0.4, -0.2) is 173 Å². The van der Waals surface area contributed by atoms with Gasteiger partial charge in [-0.2, -0.15) is 0 Å². The summed E-state index contributed by atoms with van der Waals surface area (Å²) in [4.78, 5) is 132. The first-order valence-corrected chi connectivity index (χ1v) is 24.6. The van der Waals surface area contributed by atoms with Gasteiger partial charge >= 0.3 is 5.97 Å². The molecule has 0 aliphatic rings. The van der Waals surface area contributed by atoms with E-state index in [1.54, 1.807) is 30.3 Å². The minimum Gasteiger partial charge on any atom is -0.480 e. The number of nitrogens with one attached hydrogen (secondary N) is 8. The number of nitrogens with zero attached hydrogens (tertiary/aromatic N) is 3. The minimum atomic E-state index is -1.83. The van der Waals surface area contributed by atoms with E-state index >= 15 is 0 Å². The Labute approximate surface area is 440 Å². The normalized spacial score (nSPS) is 14.9. The van der Waals surface area contributed by atoms with Crippen molar-refractivity contribution in [1.82, 2.24) is 42.5 Å². The lowest BCUT2D eigenvalue weighted by atomic mass is 10.0. The van der Waals surface area contributed by atoms with Gasteiger partial charge in [0, 0.05) is 26.1 Å². The highest BCUT2D eigenvalue weighted by Gasteiger charge is 2.36. The zero-order valence-electron chi connectivity index (χ0n) is 43.6. The molecule has 0 fully saturated rings.